The van der Waals surface area contributed by atoms with Crippen LogP contribution in [0.25, 0.3) is 0 Å². The quantitative estimate of drug-likeness (QED) is 0.0404. The van der Waals surface area contributed by atoms with Gasteiger partial charge in [0.15, 0.2) is 0 Å². The van der Waals surface area contributed by atoms with Crippen LogP contribution in [-0.4, -0.2) is 110 Å². The lowest BCUT2D eigenvalue weighted by Gasteiger charge is -2.59. The zero-order chi connectivity index (χ0) is 45.3. The molecule has 348 valence electrons. The molecule has 1 heterocycles. The van der Waals surface area contributed by atoms with E-state index in [0.717, 1.165) is 53.7 Å². The van der Waals surface area contributed by atoms with E-state index in [9.17, 15) is 20.1 Å². The Kier molecular flexibility index (Phi) is 18.6. The van der Waals surface area contributed by atoms with Gasteiger partial charge < -0.3 is 48.6 Å². The van der Waals surface area contributed by atoms with Crippen molar-refractivity contribution in [2.75, 3.05) is 66.0 Å². The minimum atomic E-state index is -1.48. The molecule has 0 saturated heterocycles. The summed E-state index contributed by atoms with van der Waals surface area (Å²) in [6.07, 6.45) is 8.13. The number of allylic oxidation sites excluding steroid dienone is 1. The Morgan fingerprint density at radius 1 is 0.891 bits per heavy atom. The minimum Gasteiger partial charge on any atom is -0.459 e. The van der Waals surface area contributed by atoms with Crippen LogP contribution < -0.4 is 9.47 Å². The minimum absolute atomic E-state index is 0.000572. The van der Waals surface area contributed by atoms with Gasteiger partial charge in [0, 0.05) is 37.7 Å². The number of oxime groups is 1. The number of hydrogen-bond acceptors (Lipinski definition) is 12. The Morgan fingerprint density at radius 3 is 2.39 bits per heavy atom. The maximum Gasteiger partial charge on any atom is 0.410 e. The molecule has 0 aromatic heterocycles. The van der Waals surface area contributed by atoms with Crippen molar-refractivity contribution in [3.05, 3.63) is 113 Å². The predicted molar refractivity (Wildman–Crippen MR) is 245 cm³/mol. The first-order valence-corrected chi connectivity index (χ1v) is 23.0. The van der Waals surface area contributed by atoms with Crippen LogP contribution in [0.5, 0.6) is 17.2 Å². The third-order valence-electron chi connectivity index (χ3n) is 12.6. The molecule has 13 heteroatoms. The number of amides is 1. The number of fused-ring (bicyclic) bond motifs is 2. The maximum atomic E-state index is 14.6. The smallest absolute Gasteiger partial charge is 0.410 e. The highest BCUT2D eigenvalue weighted by Crippen LogP contribution is 2.62. The first-order chi connectivity index (χ1) is 31.3. The summed E-state index contributed by atoms with van der Waals surface area (Å²) < 4.78 is 38.6. The molecular formula is C51H68N2O11. The largest absolute Gasteiger partial charge is 0.459 e. The SMILES string of the molecule is C=CCO[C@@]12Oc3ccc(Oc4ccc(C)c(C)c4)cc3[C@H]3[C@H](CCCCO)[C@@H](CCCCO)C=C(C(=NOCC)C[C@@H]1N(CCOCCO)C(=O)OCCOCc1ccccc1)[C@H]32. The highest BCUT2D eigenvalue weighted by molar-refractivity contribution is 6.03. The summed E-state index contributed by atoms with van der Waals surface area (Å²) in [4.78, 5) is 22.1. The van der Waals surface area contributed by atoms with Gasteiger partial charge in [0.25, 0.3) is 0 Å². The van der Waals surface area contributed by atoms with Crippen LogP contribution in [-0.2, 0) is 30.4 Å². The van der Waals surface area contributed by atoms with Crippen molar-refractivity contribution < 1.29 is 53.4 Å². The second-order valence-electron chi connectivity index (χ2n) is 16.7. The summed E-state index contributed by atoms with van der Waals surface area (Å²) in [6, 6.07) is 21.0. The number of ether oxygens (including phenoxy) is 6. The van der Waals surface area contributed by atoms with Crippen LogP contribution in [0, 0.1) is 31.6 Å². The van der Waals surface area contributed by atoms with Crippen LogP contribution in [0.2, 0.25) is 0 Å². The van der Waals surface area contributed by atoms with Crippen molar-refractivity contribution in [2.24, 2.45) is 22.9 Å². The highest BCUT2D eigenvalue weighted by Gasteiger charge is 2.65. The number of hydrogen-bond donors (Lipinski definition) is 3. The molecule has 6 rings (SSSR count). The molecule has 64 heavy (non-hydrogen) atoms. The van der Waals surface area contributed by atoms with Gasteiger partial charge in [-0.25, -0.2) is 4.79 Å². The number of aliphatic hydroxyl groups excluding tert-OH is 3. The third kappa shape index (κ3) is 11.9. The molecule has 13 nitrogen and oxygen atoms in total. The predicted octanol–water partition coefficient (Wildman–Crippen LogP) is 8.41. The van der Waals surface area contributed by atoms with Gasteiger partial charge in [-0.3, -0.25) is 4.90 Å². The number of rotatable bonds is 26. The molecule has 1 amide bonds. The van der Waals surface area contributed by atoms with Crippen LogP contribution >= 0.6 is 0 Å². The Morgan fingerprint density at radius 2 is 1.66 bits per heavy atom. The number of aliphatic hydroxyl groups is 3. The molecule has 6 atom stereocenters. The van der Waals surface area contributed by atoms with Crippen LogP contribution in [0.4, 0.5) is 4.79 Å². The van der Waals surface area contributed by atoms with Gasteiger partial charge in [-0.2, -0.15) is 0 Å². The molecule has 0 bridgehead atoms. The van der Waals surface area contributed by atoms with E-state index >= 15 is 0 Å². The molecule has 3 N–H and O–H groups in total. The second-order valence-corrected chi connectivity index (χ2v) is 16.7. The zero-order valence-electron chi connectivity index (χ0n) is 37.8. The van der Waals surface area contributed by atoms with Gasteiger partial charge in [-0.1, -0.05) is 66.5 Å². The lowest BCUT2D eigenvalue weighted by atomic mass is 9.55. The van der Waals surface area contributed by atoms with Crippen molar-refractivity contribution >= 4 is 11.8 Å². The van der Waals surface area contributed by atoms with E-state index in [0.29, 0.717) is 43.3 Å². The number of benzene rings is 3. The van der Waals surface area contributed by atoms with Crippen molar-refractivity contribution in [1.82, 2.24) is 4.90 Å². The maximum absolute atomic E-state index is 14.6. The summed E-state index contributed by atoms with van der Waals surface area (Å²) in [5.41, 5.74) is 5.86. The van der Waals surface area contributed by atoms with Crippen LogP contribution in [0.1, 0.15) is 80.0 Å². The van der Waals surface area contributed by atoms with Crippen LogP contribution in [0.15, 0.2) is 96.2 Å². The van der Waals surface area contributed by atoms with E-state index in [1.807, 2.05) is 61.5 Å². The molecule has 0 radical (unpaired) electrons. The lowest BCUT2D eigenvalue weighted by molar-refractivity contribution is -0.256. The second kappa shape index (κ2) is 24.5. The Bertz CT molecular complexity index is 2010. The fourth-order valence-corrected chi connectivity index (χ4v) is 9.51. The molecule has 3 aromatic carbocycles. The number of carbonyl (C=O) groups is 1. The zero-order valence-corrected chi connectivity index (χ0v) is 37.8. The van der Waals surface area contributed by atoms with Gasteiger partial charge >= 0.3 is 6.09 Å². The molecule has 3 aromatic rings. The van der Waals surface area contributed by atoms with E-state index < -0.39 is 23.8 Å². The summed E-state index contributed by atoms with van der Waals surface area (Å²) in [5.74, 6) is -0.137. The number of unbranched alkanes of at least 4 members (excludes halogenated alkanes) is 2. The van der Waals surface area contributed by atoms with Crippen molar-refractivity contribution in [3.63, 3.8) is 0 Å². The highest BCUT2D eigenvalue weighted by atomic mass is 16.7. The first-order valence-electron chi connectivity index (χ1n) is 23.0. The van der Waals surface area contributed by atoms with E-state index in [4.69, 9.17) is 38.4 Å². The molecule has 2 aliphatic carbocycles. The van der Waals surface area contributed by atoms with Crippen LogP contribution in [0.3, 0.4) is 0 Å². The molecule has 3 aliphatic rings. The third-order valence-corrected chi connectivity index (χ3v) is 12.6. The van der Waals surface area contributed by atoms with E-state index in [-0.39, 0.29) is 83.6 Å². The van der Waals surface area contributed by atoms with E-state index in [2.05, 4.69) is 38.6 Å². The summed E-state index contributed by atoms with van der Waals surface area (Å²) in [5, 5.41) is 34.2. The number of nitrogens with zero attached hydrogens (tertiary/aromatic N) is 2. The van der Waals surface area contributed by atoms with Gasteiger partial charge in [0.2, 0.25) is 5.79 Å². The first kappa shape index (κ1) is 48.7. The van der Waals surface area contributed by atoms with Gasteiger partial charge in [-0.05, 0) is 111 Å². The molecular weight excluding hydrogens is 817 g/mol. The number of carbonyl (C=O) groups excluding carboxylic acids is 1. The monoisotopic (exact) mass is 884 g/mol. The van der Waals surface area contributed by atoms with Gasteiger partial charge in [0.05, 0.1) is 51.3 Å². The van der Waals surface area contributed by atoms with Gasteiger partial charge in [-0.15, -0.1) is 6.58 Å². The summed E-state index contributed by atoms with van der Waals surface area (Å²) in [6.45, 7) is 11.3. The summed E-state index contributed by atoms with van der Waals surface area (Å²) >= 11 is 0. The topological polar surface area (TPSA) is 158 Å². The molecule has 0 spiro atoms. The Balaban J connectivity index is 1.48. The molecule has 1 fully saturated rings. The standard InChI is InChI=1S/C51H68N2O11/c1-5-26-61-51-47(53(22-27-58-28-25-56)50(57)60-30-29-59-35-38-14-8-7-9-15-38)34-45(52-62-6-2)43-32-39(16-10-12-23-54)42(17-11-13-24-55)48(49(43)51)44-33-41(20-21-46(44)64-51)63-40-19-18-36(3)37(4)31-40/h5,7-9,14-15,18-21,31-33,39,42,47-49,54-56H,1,6,10-13,16-17,22-30,34-35H2,2-4H3/t39-,42+,47-,48+,49+,51+/m0/s1. The normalized spacial score (nSPS) is 22.8. The van der Waals surface area contributed by atoms with Crippen molar-refractivity contribution in [3.8, 4) is 17.2 Å². The summed E-state index contributed by atoms with van der Waals surface area (Å²) in [7, 11) is 0. The van der Waals surface area contributed by atoms with Gasteiger partial charge in [0.1, 0.15) is 36.5 Å². The molecule has 1 saturated carbocycles. The Labute approximate surface area is 378 Å². The molecule has 0 unspecified atom stereocenters. The average Bonchev–Trinajstić information content (AvgIpc) is 3.30. The lowest BCUT2D eigenvalue weighted by Crippen LogP contribution is -2.70. The molecule has 1 aliphatic heterocycles. The average molecular weight is 885 g/mol. The Hall–Kier alpha value is -4.76. The number of aryl methyl sites for hydroxylation is 2. The van der Waals surface area contributed by atoms with Crippen molar-refractivity contribution in [2.45, 2.75) is 90.1 Å². The van der Waals surface area contributed by atoms with Crippen molar-refractivity contribution in [1.29, 1.82) is 0 Å². The fraction of sp³-hybridized carbons (Fsp3) is 0.529. The van der Waals surface area contributed by atoms with E-state index in [1.54, 1.807) is 11.0 Å². The fourth-order valence-electron chi connectivity index (χ4n) is 9.51. The van der Waals surface area contributed by atoms with E-state index in [1.165, 1.54) is 5.56 Å².